The Balaban J connectivity index is 2.81. The van der Waals surface area contributed by atoms with Gasteiger partial charge in [0.2, 0.25) is 0 Å². The van der Waals surface area contributed by atoms with Crippen molar-refractivity contribution in [3.63, 3.8) is 0 Å². The van der Waals surface area contributed by atoms with Crippen molar-refractivity contribution in [3.8, 4) is 0 Å². The number of benzene rings is 1. The molecule has 1 aromatic carbocycles. The monoisotopic (exact) mass is 395 g/mol. The molecule has 0 unspecified atom stereocenters. The van der Waals surface area contributed by atoms with Gasteiger partial charge in [-0.15, -0.1) is 11.8 Å². The minimum Gasteiger partial charge on any atom is -0.459 e. The van der Waals surface area contributed by atoms with Crippen LogP contribution in [0.3, 0.4) is 0 Å². The molecular formula is C22H37NO3S. The molecule has 0 bridgehead atoms. The predicted molar refractivity (Wildman–Crippen MR) is 114 cm³/mol. The smallest absolute Gasteiger partial charge is 0.323 e. The topological polar surface area (TPSA) is 58.6 Å². The molecule has 0 radical (unpaired) electrons. The van der Waals surface area contributed by atoms with E-state index < -0.39 is 11.7 Å². The summed E-state index contributed by atoms with van der Waals surface area (Å²) < 4.78 is 5.59. The van der Waals surface area contributed by atoms with Gasteiger partial charge in [0.15, 0.2) is 0 Å². The van der Waals surface area contributed by atoms with Crippen molar-refractivity contribution < 1.29 is 14.6 Å². The van der Waals surface area contributed by atoms with E-state index in [1.165, 1.54) is 0 Å². The van der Waals surface area contributed by atoms with E-state index in [2.05, 4.69) is 38.2 Å². The number of aliphatic hydroxyl groups excluding tert-OH is 1. The van der Waals surface area contributed by atoms with E-state index in [0.717, 1.165) is 17.7 Å². The first kappa shape index (κ1) is 24.0. The third-order valence-electron chi connectivity index (χ3n) is 4.01. The zero-order valence-corrected chi connectivity index (χ0v) is 18.5. The largest absolute Gasteiger partial charge is 0.459 e. The molecule has 154 valence electrons. The van der Waals surface area contributed by atoms with Crippen molar-refractivity contribution >= 4 is 17.7 Å². The van der Waals surface area contributed by atoms with Crippen LogP contribution >= 0.6 is 11.8 Å². The molecule has 1 rings (SSSR count). The average molecular weight is 396 g/mol. The second kappa shape index (κ2) is 11.7. The zero-order valence-electron chi connectivity index (χ0n) is 17.7. The maximum Gasteiger partial charge on any atom is 0.323 e. The molecule has 27 heavy (non-hydrogen) atoms. The normalized spacial score (nSPS) is 15.4. The lowest BCUT2D eigenvalue weighted by atomic mass is 10.0. The number of hydrogen-bond acceptors (Lipinski definition) is 5. The van der Waals surface area contributed by atoms with Gasteiger partial charge in [0.25, 0.3) is 0 Å². The summed E-state index contributed by atoms with van der Waals surface area (Å²) in [5, 5.41) is 14.0. The second-order valence-electron chi connectivity index (χ2n) is 8.45. The first-order chi connectivity index (χ1) is 12.6. The Labute approximate surface area is 169 Å². The Bertz CT molecular complexity index is 542. The molecule has 0 aliphatic rings. The van der Waals surface area contributed by atoms with Crippen LogP contribution in [0.2, 0.25) is 0 Å². The van der Waals surface area contributed by atoms with Gasteiger partial charge in [0.1, 0.15) is 11.6 Å². The summed E-state index contributed by atoms with van der Waals surface area (Å²) in [4.78, 5) is 13.7. The third-order valence-corrected chi connectivity index (χ3v) is 5.34. The molecule has 1 aromatic rings. The van der Waals surface area contributed by atoms with Crippen molar-refractivity contribution in [2.45, 2.75) is 88.7 Å². The molecule has 0 amide bonds. The van der Waals surface area contributed by atoms with E-state index in [9.17, 15) is 9.90 Å². The number of aliphatic hydroxyl groups is 1. The van der Waals surface area contributed by atoms with Gasteiger partial charge in [-0.2, -0.15) is 0 Å². The number of carbonyl (C=O) groups excluding carboxylic acids is 1. The lowest BCUT2D eigenvalue weighted by Gasteiger charge is -2.28. The van der Waals surface area contributed by atoms with Gasteiger partial charge in [0, 0.05) is 16.7 Å². The van der Waals surface area contributed by atoms with Crippen molar-refractivity contribution in [1.82, 2.24) is 5.32 Å². The molecular weight excluding hydrogens is 358 g/mol. The highest BCUT2D eigenvalue weighted by molar-refractivity contribution is 8.00. The number of nitrogens with one attached hydrogen (secondary N) is 1. The molecule has 5 heteroatoms. The van der Waals surface area contributed by atoms with Crippen molar-refractivity contribution in [1.29, 1.82) is 0 Å². The molecule has 0 saturated carbocycles. The van der Waals surface area contributed by atoms with E-state index >= 15 is 0 Å². The highest BCUT2D eigenvalue weighted by Gasteiger charge is 2.28. The van der Waals surface area contributed by atoms with Gasteiger partial charge in [0.05, 0.1) is 6.10 Å². The molecule has 0 heterocycles. The van der Waals surface area contributed by atoms with Crippen LogP contribution in [0.4, 0.5) is 0 Å². The van der Waals surface area contributed by atoms with Crippen LogP contribution < -0.4 is 5.32 Å². The van der Waals surface area contributed by atoms with Crippen LogP contribution in [-0.2, 0) is 9.53 Å². The van der Waals surface area contributed by atoms with E-state index in [-0.39, 0.29) is 17.3 Å². The quantitative estimate of drug-likeness (QED) is 0.422. The van der Waals surface area contributed by atoms with E-state index in [1.54, 1.807) is 11.8 Å². The maximum absolute atomic E-state index is 12.6. The Morgan fingerprint density at radius 3 is 2.37 bits per heavy atom. The molecule has 0 spiro atoms. The number of esters is 1. The molecule has 0 saturated heterocycles. The van der Waals surface area contributed by atoms with Crippen LogP contribution in [0.1, 0.15) is 60.8 Å². The standard InChI is InChI=1S/C22H37NO3S/c1-7-11-19(24)20(27-17-12-9-8-10-13-17)15-23-18(14-16(2)3)21(25)26-22(4,5)6/h8-10,12-13,16,18-20,23-24H,7,11,14-15H2,1-6H3/t18-,19-,20-/m0/s1. The van der Waals surface area contributed by atoms with E-state index in [4.69, 9.17) is 4.74 Å². The molecule has 2 N–H and O–H groups in total. The molecule has 0 aliphatic heterocycles. The summed E-state index contributed by atoms with van der Waals surface area (Å²) >= 11 is 1.66. The lowest BCUT2D eigenvalue weighted by Crippen LogP contribution is -2.46. The summed E-state index contributed by atoms with van der Waals surface area (Å²) in [7, 11) is 0. The number of carbonyl (C=O) groups is 1. The molecule has 4 nitrogen and oxygen atoms in total. The fourth-order valence-corrected chi connectivity index (χ4v) is 3.91. The highest BCUT2D eigenvalue weighted by atomic mass is 32.2. The SMILES string of the molecule is CCC[C@H](O)[C@H](CN[C@@H](CC(C)C)C(=O)OC(C)(C)C)Sc1ccccc1. The van der Waals surface area contributed by atoms with Gasteiger partial charge >= 0.3 is 5.97 Å². The number of hydrogen-bond donors (Lipinski definition) is 2. The second-order valence-corrected chi connectivity index (χ2v) is 9.76. The van der Waals surface area contributed by atoms with E-state index in [1.807, 2.05) is 39.0 Å². The Morgan fingerprint density at radius 2 is 1.85 bits per heavy atom. The average Bonchev–Trinajstić information content (AvgIpc) is 2.56. The van der Waals surface area contributed by atoms with Crippen LogP contribution in [0, 0.1) is 5.92 Å². The Kier molecular flexibility index (Phi) is 10.4. The molecule has 0 fully saturated rings. The minimum absolute atomic E-state index is 0.0237. The third kappa shape index (κ3) is 10.2. The van der Waals surface area contributed by atoms with Crippen molar-refractivity contribution in [2.75, 3.05) is 6.54 Å². The Hall–Kier alpha value is -1.04. The van der Waals surface area contributed by atoms with Gasteiger partial charge in [-0.1, -0.05) is 45.4 Å². The summed E-state index contributed by atoms with van der Waals surface area (Å²) in [6.07, 6.45) is 1.95. The van der Waals surface area contributed by atoms with Crippen LogP contribution in [0.15, 0.2) is 35.2 Å². The summed E-state index contributed by atoms with van der Waals surface area (Å²) in [6, 6.07) is 9.73. The van der Waals surface area contributed by atoms with Gasteiger partial charge < -0.3 is 15.2 Å². The molecule has 0 aromatic heterocycles. The van der Waals surface area contributed by atoms with Gasteiger partial charge in [-0.3, -0.25) is 4.79 Å². The minimum atomic E-state index is -0.506. The first-order valence-corrected chi connectivity index (χ1v) is 10.9. The summed E-state index contributed by atoms with van der Waals surface area (Å²) in [5.74, 6) is 0.153. The number of rotatable bonds is 11. The lowest BCUT2D eigenvalue weighted by molar-refractivity contribution is -0.158. The number of ether oxygens (including phenoxy) is 1. The zero-order chi connectivity index (χ0) is 20.4. The first-order valence-electron chi connectivity index (χ1n) is 9.98. The summed E-state index contributed by atoms with van der Waals surface area (Å²) in [5.41, 5.74) is -0.506. The predicted octanol–water partition coefficient (Wildman–Crippen LogP) is 4.65. The summed E-state index contributed by atoms with van der Waals surface area (Å²) in [6.45, 7) is 12.5. The van der Waals surface area contributed by atoms with Crippen molar-refractivity contribution in [2.24, 2.45) is 5.92 Å². The van der Waals surface area contributed by atoms with Crippen molar-refractivity contribution in [3.05, 3.63) is 30.3 Å². The fraction of sp³-hybridized carbons (Fsp3) is 0.682. The molecule has 0 aliphatic carbocycles. The highest BCUT2D eigenvalue weighted by Crippen LogP contribution is 2.27. The van der Waals surface area contributed by atoms with Gasteiger partial charge in [-0.25, -0.2) is 0 Å². The van der Waals surface area contributed by atoms with Crippen LogP contribution in [0.5, 0.6) is 0 Å². The maximum atomic E-state index is 12.6. The number of thioether (sulfide) groups is 1. The Morgan fingerprint density at radius 1 is 1.22 bits per heavy atom. The van der Waals surface area contributed by atoms with Crippen LogP contribution in [0.25, 0.3) is 0 Å². The van der Waals surface area contributed by atoms with E-state index in [0.29, 0.717) is 18.9 Å². The van der Waals surface area contributed by atoms with Gasteiger partial charge in [-0.05, 0) is 51.7 Å². The van der Waals surface area contributed by atoms with Crippen LogP contribution in [-0.4, -0.2) is 40.6 Å². The fourth-order valence-electron chi connectivity index (χ4n) is 2.78. The molecule has 3 atom stereocenters.